The molecule has 2 rings (SSSR count). The van der Waals surface area contributed by atoms with Crippen LogP contribution in [0, 0.1) is 0 Å². The molecule has 0 atom stereocenters. The molecular formula is C12H15N3O5S. The highest BCUT2D eigenvalue weighted by Gasteiger charge is 2.43. The van der Waals surface area contributed by atoms with Crippen LogP contribution in [0.3, 0.4) is 0 Å². The van der Waals surface area contributed by atoms with Crippen molar-refractivity contribution in [1.29, 1.82) is 0 Å². The Morgan fingerprint density at radius 1 is 1.52 bits per heavy atom. The van der Waals surface area contributed by atoms with Crippen LogP contribution < -0.4 is 5.32 Å². The maximum atomic E-state index is 12.1. The van der Waals surface area contributed by atoms with Crippen molar-refractivity contribution >= 4 is 34.3 Å². The summed E-state index contributed by atoms with van der Waals surface area (Å²) in [6.07, 6.45) is 0. The van der Waals surface area contributed by atoms with E-state index in [0.717, 1.165) is 0 Å². The maximum absolute atomic E-state index is 12.1. The lowest BCUT2D eigenvalue weighted by molar-refractivity contribution is -0.160. The number of anilines is 1. The average molecular weight is 313 g/mol. The second-order valence-corrected chi connectivity index (χ2v) is 5.87. The Hall–Kier alpha value is -2.00. The molecular weight excluding hydrogens is 298 g/mol. The molecule has 0 radical (unpaired) electrons. The molecule has 1 aliphatic heterocycles. The fourth-order valence-electron chi connectivity index (χ4n) is 1.97. The van der Waals surface area contributed by atoms with Crippen molar-refractivity contribution in [2.24, 2.45) is 0 Å². The van der Waals surface area contributed by atoms with E-state index in [1.807, 2.05) is 0 Å². The van der Waals surface area contributed by atoms with Crippen LogP contribution in [0.15, 0.2) is 5.38 Å². The molecule has 2 N–H and O–H groups in total. The molecule has 0 aromatic carbocycles. The zero-order valence-corrected chi connectivity index (χ0v) is 12.4. The van der Waals surface area contributed by atoms with Crippen molar-refractivity contribution < 1.29 is 24.2 Å². The Kier molecular flexibility index (Phi) is 4.24. The van der Waals surface area contributed by atoms with Crippen molar-refractivity contribution in [2.45, 2.75) is 19.4 Å². The molecule has 2 amide bonds. The molecule has 8 nitrogen and oxygen atoms in total. The number of rotatable bonds is 5. The molecule has 0 unspecified atom stereocenters. The van der Waals surface area contributed by atoms with E-state index in [1.54, 1.807) is 12.3 Å². The van der Waals surface area contributed by atoms with Crippen LogP contribution >= 0.6 is 11.3 Å². The summed E-state index contributed by atoms with van der Waals surface area (Å²) in [7, 11) is 0. The van der Waals surface area contributed by atoms with E-state index >= 15 is 0 Å². The average Bonchev–Trinajstić information content (AvgIpc) is 2.79. The number of aromatic nitrogens is 1. The zero-order chi connectivity index (χ0) is 15.6. The summed E-state index contributed by atoms with van der Waals surface area (Å²) in [5.74, 6) is -1.55. The Morgan fingerprint density at radius 3 is 2.76 bits per heavy atom. The van der Waals surface area contributed by atoms with Gasteiger partial charge in [-0.3, -0.25) is 9.59 Å². The highest BCUT2D eigenvalue weighted by Crippen LogP contribution is 2.27. The summed E-state index contributed by atoms with van der Waals surface area (Å²) in [5.41, 5.74) is -0.381. The van der Waals surface area contributed by atoms with E-state index in [1.165, 1.54) is 23.2 Å². The van der Waals surface area contributed by atoms with Gasteiger partial charge in [-0.2, -0.15) is 0 Å². The number of hydrogen-bond acceptors (Lipinski definition) is 6. The Morgan fingerprint density at radius 2 is 2.19 bits per heavy atom. The molecule has 0 aliphatic carbocycles. The molecule has 1 aromatic heterocycles. The van der Waals surface area contributed by atoms with Gasteiger partial charge in [-0.25, -0.2) is 9.78 Å². The predicted molar refractivity (Wildman–Crippen MR) is 74.3 cm³/mol. The predicted octanol–water partition coefficient (Wildman–Crippen LogP) is 0.417. The lowest BCUT2D eigenvalue weighted by atomic mass is 9.96. The Bertz CT molecular complexity index is 579. The maximum Gasteiger partial charge on any atom is 0.329 e. The van der Waals surface area contributed by atoms with Crippen molar-refractivity contribution in [1.82, 2.24) is 9.88 Å². The van der Waals surface area contributed by atoms with E-state index in [4.69, 9.17) is 9.84 Å². The number of nitrogens with zero attached hydrogens (tertiary/aromatic N) is 2. The monoisotopic (exact) mass is 313 g/mol. The van der Waals surface area contributed by atoms with E-state index in [9.17, 15) is 14.4 Å². The van der Waals surface area contributed by atoms with E-state index < -0.39 is 11.6 Å². The van der Waals surface area contributed by atoms with Gasteiger partial charge >= 0.3 is 5.97 Å². The van der Waals surface area contributed by atoms with Gasteiger partial charge in [0, 0.05) is 12.3 Å². The lowest BCUT2D eigenvalue weighted by Gasteiger charge is -2.46. The van der Waals surface area contributed by atoms with Gasteiger partial charge in [0.05, 0.1) is 13.1 Å². The highest BCUT2D eigenvalue weighted by molar-refractivity contribution is 7.14. The van der Waals surface area contributed by atoms with Crippen molar-refractivity contribution in [3.63, 3.8) is 0 Å². The van der Waals surface area contributed by atoms with Crippen LogP contribution in [0.4, 0.5) is 5.13 Å². The number of carbonyl (C=O) groups excluding carboxylic acids is 2. The summed E-state index contributed by atoms with van der Waals surface area (Å²) in [5, 5.41) is 13.0. The summed E-state index contributed by atoms with van der Waals surface area (Å²) in [6, 6.07) is 0. The number of carbonyl (C=O) groups is 3. The second kappa shape index (κ2) is 5.78. The van der Waals surface area contributed by atoms with Gasteiger partial charge in [-0.15, -0.1) is 11.3 Å². The van der Waals surface area contributed by atoms with Crippen molar-refractivity contribution in [3.05, 3.63) is 11.1 Å². The number of carboxylic acid groups (broad SMARTS) is 1. The number of ether oxygens (including phenoxy) is 1. The third kappa shape index (κ3) is 3.76. The topological polar surface area (TPSA) is 109 Å². The molecule has 1 aliphatic rings. The fourth-order valence-corrected chi connectivity index (χ4v) is 2.70. The number of nitrogens with one attached hydrogen (secondary N) is 1. The quantitative estimate of drug-likeness (QED) is 0.815. The first kappa shape index (κ1) is 15.4. The first-order valence-electron chi connectivity index (χ1n) is 6.17. The number of thiazole rings is 1. The van der Waals surface area contributed by atoms with Crippen LogP contribution in [0.1, 0.15) is 24.3 Å². The van der Waals surface area contributed by atoms with Crippen LogP contribution in [0.2, 0.25) is 0 Å². The van der Waals surface area contributed by atoms with Crippen LogP contribution in [-0.4, -0.2) is 58.1 Å². The van der Waals surface area contributed by atoms with Crippen LogP contribution in [-0.2, 0) is 14.3 Å². The lowest BCUT2D eigenvalue weighted by Crippen LogP contribution is -2.63. The number of carboxylic acids is 1. The molecule has 0 bridgehead atoms. The summed E-state index contributed by atoms with van der Waals surface area (Å²) in [4.78, 5) is 39.1. The Labute approximate surface area is 124 Å². The number of amides is 2. The minimum atomic E-state index is -1.04. The molecule has 1 saturated heterocycles. The minimum Gasteiger partial charge on any atom is -0.480 e. The van der Waals surface area contributed by atoms with Crippen LogP contribution in [0.25, 0.3) is 0 Å². The first-order chi connectivity index (χ1) is 9.79. The van der Waals surface area contributed by atoms with E-state index in [0.29, 0.717) is 18.2 Å². The minimum absolute atomic E-state index is 0.248. The van der Waals surface area contributed by atoms with Gasteiger partial charge in [0.15, 0.2) is 5.13 Å². The second-order valence-electron chi connectivity index (χ2n) is 5.01. The van der Waals surface area contributed by atoms with Gasteiger partial charge in [-0.1, -0.05) is 0 Å². The van der Waals surface area contributed by atoms with Gasteiger partial charge in [-0.05, 0) is 6.92 Å². The van der Waals surface area contributed by atoms with Crippen LogP contribution in [0.5, 0.6) is 0 Å². The molecule has 0 saturated carbocycles. The summed E-state index contributed by atoms with van der Waals surface area (Å²) >= 11 is 1.17. The van der Waals surface area contributed by atoms with Crippen molar-refractivity contribution in [2.75, 3.05) is 25.0 Å². The van der Waals surface area contributed by atoms with Gasteiger partial charge in [0.25, 0.3) is 5.91 Å². The SMILES string of the molecule is CC(=O)Nc1nc(C(=O)N2CC(C)(OCC(=O)O)C2)cs1. The molecule has 114 valence electrons. The first-order valence-corrected chi connectivity index (χ1v) is 7.05. The summed E-state index contributed by atoms with van der Waals surface area (Å²) in [6.45, 7) is 3.35. The third-order valence-electron chi connectivity index (χ3n) is 2.89. The van der Waals surface area contributed by atoms with E-state index in [-0.39, 0.29) is 24.1 Å². The number of likely N-dealkylation sites (tertiary alicyclic amines) is 1. The normalized spacial score (nSPS) is 16.2. The smallest absolute Gasteiger partial charge is 0.329 e. The standard InChI is InChI=1S/C12H15N3O5S/c1-7(16)13-11-14-8(4-21-11)10(19)15-5-12(2,6-15)20-3-9(17)18/h4H,3,5-6H2,1-2H3,(H,17,18)(H,13,14,16). The Balaban J connectivity index is 1.89. The number of hydrogen-bond donors (Lipinski definition) is 2. The zero-order valence-electron chi connectivity index (χ0n) is 11.6. The number of aliphatic carboxylic acids is 1. The van der Waals surface area contributed by atoms with Gasteiger partial charge < -0.3 is 20.1 Å². The van der Waals surface area contributed by atoms with Gasteiger partial charge in [0.2, 0.25) is 5.91 Å². The molecule has 0 spiro atoms. The van der Waals surface area contributed by atoms with Crippen molar-refractivity contribution in [3.8, 4) is 0 Å². The summed E-state index contributed by atoms with van der Waals surface area (Å²) < 4.78 is 5.23. The largest absolute Gasteiger partial charge is 0.480 e. The highest BCUT2D eigenvalue weighted by atomic mass is 32.1. The third-order valence-corrected chi connectivity index (χ3v) is 3.65. The van der Waals surface area contributed by atoms with Gasteiger partial charge in [0.1, 0.15) is 17.9 Å². The molecule has 1 fully saturated rings. The molecule has 9 heteroatoms. The fraction of sp³-hybridized carbons (Fsp3) is 0.500. The molecule has 21 heavy (non-hydrogen) atoms. The molecule has 1 aromatic rings. The molecule has 2 heterocycles. The van der Waals surface area contributed by atoms with E-state index in [2.05, 4.69) is 10.3 Å².